The molecule has 1 heteroatoms. The lowest BCUT2D eigenvalue weighted by Gasteiger charge is -2.05. The highest BCUT2D eigenvalue weighted by atomic mass is 31.0. The molecule has 1 aliphatic rings. The predicted octanol–water partition coefficient (Wildman–Crippen LogP) is 2.25. The first-order valence-corrected chi connectivity index (χ1v) is 2.00. The van der Waals surface area contributed by atoms with E-state index >= 15 is 0 Å². The van der Waals surface area contributed by atoms with E-state index in [4.69, 9.17) is 0 Å². The summed E-state index contributed by atoms with van der Waals surface area (Å²) in [7, 11) is 0. The van der Waals surface area contributed by atoms with Crippen LogP contribution in [0.4, 0.5) is 0 Å². The van der Waals surface area contributed by atoms with Gasteiger partial charge >= 0.3 is 0 Å². The molecule has 0 aromatic rings. The van der Waals surface area contributed by atoms with Gasteiger partial charge in [-0.3, -0.25) is 0 Å². The van der Waals surface area contributed by atoms with Gasteiger partial charge in [-0.1, -0.05) is 33.1 Å². The second-order valence-corrected chi connectivity index (χ2v) is 1.41. The average molecular weight is 106 g/mol. The first-order chi connectivity index (χ1) is 2.00. The van der Waals surface area contributed by atoms with Crippen LogP contribution in [0.2, 0.25) is 0 Å². The van der Waals surface area contributed by atoms with E-state index in [2.05, 4.69) is 0 Å². The molecule has 0 aromatic heterocycles. The van der Waals surface area contributed by atoms with Gasteiger partial charge in [0.2, 0.25) is 0 Å². The molecule has 0 nitrogen and oxygen atoms in total. The number of hydrogen-bond acceptors (Lipinski definition) is 0. The lowest BCUT2D eigenvalue weighted by molar-refractivity contribution is 0.504. The summed E-state index contributed by atoms with van der Waals surface area (Å²) in [5.74, 6) is 0. The van der Waals surface area contributed by atoms with Gasteiger partial charge in [0.05, 0.1) is 0 Å². The molecule has 1 aliphatic carbocycles. The van der Waals surface area contributed by atoms with Crippen molar-refractivity contribution >= 4 is 9.90 Å². The largest absolute Gasteiger partial charge is 0.153 e. The smallest absolute Gasteiger partial charge is 0.0533 e. The van der Waals surface area contributed by atoms with Crippen molar-refractivity contribution in [1.29, 1.82) is 0 Å². The Morgan fingerprint density at radius 2 is 0.833 bits per heavy atom. The highest BCUT2D eigenvalue weighted by molar-refractivity contribution is 6.92. The van der Waals surface area contributed by atoms with E-state index in [9.17, 15) is 0 Å². The van der Waals surface area contributed by atoms with E-state index in [-0.39, 0.29) is 17.3 Å². The van der Waals surface area contributed by atoms with E-state index in [1.165, 1.54) is 25.7 Å². The Balaban J connectivity index is 0. The summed E-state index contributed by atoms with van der Waals surface area (Å²) in [6.45, 7) is 0. The third-order valence-electron chi connectivity index (χ3n) is 1.000. The molecule has 0 heterocycles. The van der Waals surface area contributed by atoms with Gasteiger partial charge in [0.15, 0.2) is 0 Å². The summed E-state index contributed by atoms with van der Waals surface area (Å²) in [6.07, 6.45) is 6.00. The summed E-state index contributed by atoms with van der Waals surface area (Å²) in [5, 5.41) is 0. The van der Waals surface area contributed by atoms with Crippen molar-refractivity contribution in [3.8, 4) is 0 Å². The van der Waals surface area contributed by atoms with Crippen LogP contribution in [-0.4, -0.2) is 0 Å². The Bertz CT molecular complexity index is 11.9. The van der Waals surface area contributed by atoms with Crippen molar-refractivity contribution < 1.29 is 0 Å². The fraction of sp³-hybridized carbons (Fsp3) is 1.00. The van der Waals surface area contributed by atoms with Crippen LogP contribution >= 0.6 is 9.90 Å². The summed E-state index contributed by atoms with van der Waals surface area (Å²) in [6, 6.07) is 0. The maximum atomic E-state index is 1.50. The zero-order valence-corrected chi connectivity index (χ0v) is 4.95. The van der Waals surface area contributed by atoms with Crippen LogP contribution in [0.1, 0.15) is 33.1 Å². The van der Waals surface area contributed by atoms with Crippen LogP contribution in [0.15, 0.2) is 0 Å². The molecule has 0 N–H and O–H groups in total. The molecule has 0 aromatic carbocycles. The molecule has 0 amide bonds. The molecule has 1 fully saturated rings. The van der Waals surface area contributed by atoms with Crippen LogP contribution in [0.5, 0.6) is 0 Å². The third-order valence-corrected chi connectivity index (χ3v) is 1.000. The molecule has 1 unspecified atom stereocenters. The maximum Gasteiger partial charge on any atom is -0.0533 e. The second kappa shape index (κ2) is 5.43. The quantitative estimate of drug-likeness (QED) is 0.415. The molecule has 1 rings (SSSR count). The minimum absolute atomic E-state index is 0. The first-order valence-electron chi connectivity index (χ1n) is 2.00. The Hall–Kier alpha value is 0.430. The minimum atomic E-state index is 0. The Kier molecular flexibility index (Phi) is 8.74. The van der Waals surface area contributed by atoms with Crippen LogP contribution in [0.25, 0.3) is 0 Å². The van der Waals surface area contributed by atoms with Crippen LogP contribution in [-0.2, 0) is 0 Å². The minimum Gasteiger partial charge on any atom is -0.153 e. The van der Waals surface area contributed by atoms with Gasteiger partial charge in [-0.2, -0.15) is 9.90 Å². The van der Waals surface area contributed by atoms with Crippen LogP contribution < -0.4 is 0 Å². The highest BCUT2D eigenvalue weighted by Gasteiger charge is 1.95. The van der Waals surface area contributed by atoms with Crippen LogP contribution in [0.3, 0.4) is 0 Å². The Labute approximate surface area is 43.9 Å². The zero-order chi connectivity index (χ0) is 2.83. The first kappa shape index (κ1) is 9.66. The van der Waals surface area contributed by atoms with Crippen molar-refractivity contribution in [2.45, 2.75) is 33.1 Å². The van der Waals surface area contributed by atoms with Crippen molar-refractivity contribution in [3.63, 3.8) is 0 Å². The topological polar surface area (TPSA) is 0 Å². The van der Waals surface area contributed by atoms with E-state index in [0.717, 1.165) is 0 Å². The molecule has 6 heavy (non-hydrogen) atoms. The molecular weight excluding hydrogens is 91.0 g/mol. The van der Waals surface area contributed by atoms with Gasteiger partial charge in [0.1, 0.15) is 0 Å². The van der Waals surface area contributed by atoms with E-state index in [1.807, 2.05) is 0 Å². The zero-order valence-electron chi connectivity index (χ0n) is 3.54. The fourth-order valence-corrected chi connectivity index (χ4v) is 0.250. The lowest BCUT2D eigenvalue weighted by atomic mass is 10.0. The van der Waals surface area contributed by atoms with Gasteiger partial charge < -0.3 is 0 Å². The fourth-order valence-electron chi connectivity index (χ4n) is 0.250. The van der Waals surface area contributed by atoms with E-state index < -0.39 is 0 Å². The van der Waals surface area contributed by atoms with Crippen molar-refractivity contribution in [1.82, 2.24) is 0 Å². The highest BCUT2D eigenvalue weighted by Crippen LogP contribution is 2.15. The summed E-state index contributed by atoms with van der Waals surface area (Å²) < 4.78 is 0. The molecule has 0 saturated heterocycles. The van der Waals surface area contributed by atoms with Gasteiger partial charge in [0.25, 0.3) is 0 Å². The van der Waals surface area contributed by atoms with Crippen molar-refractivity contribution in [3.05, 3.63) is 0 Å². The maximum absolute atomic E-state index is 1.50. The van der Waals surface area contributed by atoms with Crippen molar-refractivity contribution in [2.24, 2.45) is 0 Å². The standard InChI is InChI=1S/C4H8.CH4.H3P/c1-2-4-3-1;;/h1-4H2;1H4;1H3. The molecule has 0 aliphatic heterocycles. The predicted molar refractivity (Wildman–Crippen MR) is 36.3 cm³/mol. The van der Waals surface area contributed by atoms with Gasteiger partial charge in [-0.25, -0.2) is 0 Å². The molecule has 1 atom stereocenters. The average Bonchev–Trinajstić information content (AvgIpc) is 0.722. The molecular formula is C5H15P. The lowest BCUT2D eigenvalue weighted by Crippen LogP contribution is -1.85. The SMILES string of the molecule is C.C1CCC1.P. The number of rotatable bonds is 0. The molecule has 0 bridgehead atoms. The molecule has 0 spiro atoms. The molecule has 40 valence electrons. The molecule has 0 radical (unpaired) electrons. The summed E-state index contributed by atoms with van der Waals surface area (Å²) >= 11 is 0. The van der Waals surface area contributed by atoms with Gasteiger partial charge in [0, 0.05) is 0 Å². The van der Waals surface area contributed by atoms with Gasteiger partial charge in [-0.15, -0.1) is 0 Å². The molecule has 1 saturated carbocycles. The second-order valence-electron chi connectivity index (χ2n) is 1.41. The van der Waals surface area contributed by atoms with Gasteiger partial charge in [-0.05, 0) is 0 Å². The van der Waals surface area contributed by atoms with E-state index in [1.54, 1.807) is 0 Å². The van der Waals surface area contributed by atoms with Crippen molar-refractivity contribution in [2.75, 3.05) is 0 Å². The summed E-state index contributed by atoms with van der Waals surface area (Å²) in [5.41, 5.74) is 0. The normalized spacial score (nSPS) is 16.0. The number of hydrogen-bond donors (Lipinski definition) is 0. The Morgan fingerprint density at radius 3 is 0.833 bits per heavy atom. The Morgan fingerprint density at radius 1 is 0.667 bits per heavy atom. The van der Waals surface area contributed by atoms with E-state index in [0.29, 0.717) is 0 Å². The van der Waals surface area contributed by atoms with Crippen LogP contribution in [0, 0.1) is 0 Å². The monoisotopic (exact) mass is 106 g/mol. The summed E-state index contributed by atoms with van der Waals surface area (Å²) in [4.78, 5) is 0. The third kappa shape index (κ3) is 2.66.